The van der Waals surface area contributed by atoms with E-state index in [1.807, 2.05) is 11.3 Å². The molecule has 1 N–H and O–H groups in total. The minimum Gasteiger partial charge on any atom is -0.378 e. The lowest BCUT2D eigenvalue weighted by atomic mass is 10.1. The van der Waals surface area contributed by atoms with E-state index in [0.717, 1.165) is 38.9 Å². The van der Waals surface area contributed by atoms with Gasteiger partial charge in [0.15, 0.2) is 0 Å². The van der Waals surface area contributed by atoms with Crippen LogP contribution in [0.25, 0.3) is 10.1 Å². The Kier molecular flexibility index (Phi) is 3.95. The van der Waals surface area contributed by atoms with Gasteiger partial charge in [-0.25, -0.2) is 0 Å². The number of benzene rings is 1. The number of nitrogens with one attached hydrogen (secondary N) is 1. The second kappa shape index (κ2) is 6.05. The Morgan fingerprint density at radius 1 is 1.29 bits per heavy atom. The Bertz CT molecular complexity index is 608. The van der Waals surface area contributed by atoms with Crippen molar-refractivity contribution in [3.05, 3.63) is 35.2 Å². The maximum atomic E-state index is 5.69. The third-order valence-corrected chi connectivity index (χ3v) is 5.52. The molecule has 2 aliphatic rings. The van der Waals surface area contributed by atoms with E-state index < -0.39 is 0 Å². The number of rotatable bonds is 5. The summed E-state index contributed by atoms with van der Waals surface area (Å²) in [5.41, 5.74) is 1.47. The van der Waals surface area contributed by atoms with E-state index >= 15 is 0 Å². The van der Waals surface area contributed by atoms with Crippen molar-refractivity contribution in [1.29, 1.82) is 0 Å². The highest BCUT2D eigenvalue weighted by Gasteiger charge is 2.27. The highest BCUT2D eigenvalue weighted by molar-refractivity contribution is 7.17. The molecule has 1 saturated heterocycles. The van der Waals surface area contributed by atoms with Crippen molar-refractivity contribution in [2.24, 2.45) is 0 Å². The Morgan fingerprint density at radius 3 is 3.10 bits per heavy atom. The monoisotopic (exact) mass is 302 g/mol. The standard InChI is InChI=1S/C17H22N2OS/c1-2-4-17-16(3-1)13(12-21-17)10-19-7-8-20-11-15(19)9-18-14-5-6-14/h1-4,12,14-15,18H,5-11H2. The molecule has 1 saturated carbocycles. The Labute approximate surface area is 129 Å². The van der Waals surface area contributed by atoms with Gasteiger partial charge in [0.2, 0.25) is 0 Å². The third-order valence-electron chi connectivity index (χ3n) is 4.50. The Balaban J connectivity index is 1.47. The zero-order valence-electron chi connectivity index (χ0n) is 12.3. The average Bonchev–Trinajstić information content (AvgIpc) is 3.27. The number of morpholine rings is 1. The molecule has 21 heavy (non-hydrogen) atoms. The minimum absolute atomic E-state index is 0.512. The summed E-state index contributed by atoms with van der Waals surface area (Å²) >= 11 is 1.86. The van der Waals surface area contributed by atoms with Gasteiger partial charge in [-0.2, -0.15) is 0 Å². The zero-order valence-corrected chi connectivity index (χ0v) is 13.1. The van der Waals surface area contributed by atoms with Crippen molar-refractivity contribution in [1.82, 2.24) is 10.2 Å². The van der Waals surface area contributed by atoms with E-state index in [1.54, 1.807) is 0 Å². The average molecular weight is 302 g/mol. The van der Waals surface area contributed by atoms with Crippen LogP contribution in [0.15, 0.2) is 29.6 Å². The van der Waals surface area contributed by atoms with Gasteiger partial charge in [-0.3, -0.25) is 4.90 Å². The smallest absolute Gasteiger partial charge is 0.0635 e. The van der Waals surface area contributed by atoms with Gasteiger partial charge in [-0.1, -0.05) is 18.2 Å². The summed E-state index contributed by atoms with van der Waals surface area (Å²) < 4.78 is 7.09. The lowest BCUT2D eigenvalue weighted by molar-refractivity contribution is -0.0108. The topological polar surface area (TPSA) is 24.5 Å². The van der Waals surface area contributed by atoms with Gasteiger partial charge in [0.1, 0.15) is 0 Å². The van der Waals surface area contributed by atoms with Crippen LogP contribution in [0.3, 0.4) is 0 Å². The first-order valence-electron chi connectivity index (χ1n) is 7.90. The van der Waals surface area contributed by atoms with Gasteiger partial charge in [-0.05, 0) is 35.2 Å². The quantitative estimate of drug-likeness (QED) is 0.919. The lowest BCUT2D eigenvalue weighted by Crippen LogP contribution is -2.50. The first-order chi connectivity index (χ1) is 10.4. The van der Waals surface area contributed by atoms with Gasteiger partial charge in [0, 0.05) is 36.4 Å². The van der Waals surface area contributed by atoms with Crippen molar-refractivity contribution in [2.75, 3.05) is 26.3 Å². The Hall–Kier alpha value is -0.940. The molecule has 0 bridgehead atoms. The van der Waals surface area contributed by atoms with Crippen LogP contribution in [-0.4, -0.2) is 43.3 Å². The van der Waals surface area contributed by atoms with E-state index in [9.17, 15) is 0 Å². The first kappa shape index (κ1) is 13.7. The van der Waals surface area contributed by atoms with Gasteiger partial charge >= 0.3 is 0 Å². The molecule has 112 valence electrons. The van der Waals surface area contributed by atoms with Crippen LogP contribution in [0.4, 0.5) is 0 Å². The van der Waals surface area contributed by atoms with Crippen molar-refractivity contribution in [3.8, 4) is 0 Å². The van der Waals surface area contributed by atoms with Crippen LogP contribution in [0, 0.1) is 0 Å². The molecular formula is C17H22N2OS. The highest BCUT2D eigenvalue weighted by Crippen LogP contribution is 2.27. The lowest BCUT2D eigenvalue weighted by Gasteiger charge is -2.35. The molecule has 1 unspecified atom stereocenters. The van der Waals surface area contributed by atoms with Crippen LogP contribution in [0.2, 0.25) is 0 Å². The van der Waals surface area contributed by atoms with Crippen LogP contribution in [0.5, 0.6) is 0 Å². The number of hydrogen-bond donors (Lipinski definition) is 1. The second-order valence-corrected chi connectivity index (χ2v) is 7.05. The molecule has 3 nitrogen and oxygen atoms in total. The van der Waals surface area contributed by atoms with Crippen molar-refractivity contribution >= 4 is 21.4 Å². The summed E-state index contributed by atoms with van der Waals surface area (Å²) in [7, 11) is 0. The van der Waals surface area contributed by atoms with Crippen molar-refractivity contribution in [3.63, 3.8) is 0 Å². The number of hydrogen-bond acceptors (Lipinski definition) is 4. The fourth-order valence-electron chi connectivity index (χ4n) is 3.05. The molecule has 1 aromatic carbocycles. The first-order valence-corrected chi connectivity index (χ1v) is 8.78. The molecule has 2 fully saturated rings. The van der Waals surface area contributed by atoms with Gasteiger partial charge in [0.05, 0.1) is 13.2 Å². The second-order valence-electron chi connectivity index (χ2n) is 6.14. The molecule has 4 heteroatoms. The number of ether oxygens (including phenoxy) is 1. The predicted molar refractivity (Wildman–Crippen MR) is 87.9 cm³/mol. The molecule has 2 heterocycles. The summed E-state index contributed by atoms with van der Waals surface area (Å²) in [4.78, 5) is 2.59. The summed E-state index contributed by atoms with van der Waals surface area (Å²) in [6, 6.07) is 10.0. The SMILES string of the molecule is c1ccc2c(CN3CCOCC3CNC3CC3)csc2c1. The number of thiophene rings is 1. The van der Waals surface area contributed by atoms with E-state index in [4.69, 9.17) is 4.74 Å². The molecule has 1 aliphatic heterocycles. The number of fused-ring (bicyclic) bond motifs is 1. The van der Waals surface area contributed by atoms with Crippen LogP contribution in [-0.2, 0) is 11.3 Å². The molecule has 4 rings (SSSR count). The van der Waals surface area contributed by atoms with Gasteiger partial charge < -0.3 is 10.1 Å². The predicted octanol–water partition coefficient (Wildman–Crippen LogP) is 2.85. The van der Waals surface area contributed by atoms with E-state index in [1.165, 1.54) is 28.5 Å². The van der Waals surface area contributed by atoms with Crippen molar-refractivity contribution in [2.45, 2.75) is 31.5 Å². The summed E-state index contributed by atoms with van der Waals surface area (Å²) in [6.07, 6.45) is 2.70. The normalized spacial score (nSPS) is 23.7. The molecule has 0 amide bonds. The molecule has 1 aliphatic carbocycles. The molecule has 1 aromatic heterocycles. The highest BCUT2D eigenvalue weighted by atomic mass is 32.1. The third kappa shape index (κ3) is 3.14. The van der Waals surface area contributed by atoms with Gasteiger partial charge in [-0.15, -0.1) is 11.3 Å². The van der Waals surface area contributed by atoms with Crippen LogP contribution in [0.1, 0.15) is 18.4 Å². The zero-order chi connectivity index (χ0) is 14.1. The molecular weight excluding hydrogens is 280 g/mol. The molecule has 1 atom stereocenters. The maximum absolute atomic E-state index is 5.69. The van der Waals surface area contributed by atoms with E-state index in [-0.39, 0.29) is 0 Å². The molecule has 2 aromatic rings. The van der Waals surface area contributed by atoms with Gasteiger partial charge in [0.25, 0.3) is 0 Å². The molecule has 0 radical (unpaired) electrons. The fourth-order valence-corrected chi connectivity index (χ4v) is 4.00. The summed E-state index contributed by atoms with van der Waals surface area (Å²) in [5, 5.41) is 7.40. The summed E-state index contributed by atoms with van der Waals surface area (Å²) in [5.74, 6) is 0. The minimum atomic E-state index is 0.512. The van der Waals surface area contributed by atoms with Crippen LogP contribution < -0.4 is 5.32 Å². The molecule has 0 spiro atoms. The summed E-state index contributed by atoms with van der Waals surface area (Å²) in [6.45, 7) is 4.88. The van der Waals surface area contributed by atoms with Crippen LogP contribution >= 0.6 is 11.3 Å². The van der Waals surface area contributed by atoms with E-state index in [0.29, 0.717) is 6.04 Å². The largest absolute Gasteiger partial charge is 0.378 e. The number of nitrogens with zero attached hydrogens (tertiary/aromatic N) is 1. The Morgan fingerprint density at radius 2 is 2.19 bits per heavy atom. The maximum Gasteiger partial charge on any atom is 0.0635 e. The fraction of sp³-hybridized carbons (Fsp3) is 0.529. The van der Waals surface area contributed by atoms with E-state index in [2.05, 4.69) is 39.9 Å². The van der Waals surface area contributed by atoms with Crippen molar-refractivity contribution < 1.29 is 4.74 Å².